The highest BCUT2D eigenvalue weighted by Crippen LogP contribution is 2.45. The van der Waals surface area contributed by atoms with Crippen molar-refractivity contribution in [2.45, 2.75) is 50.6 Å². The summed E-state index contributed by atoms with van der Waals surface area (Å²) >= 11 is 0. The number of nitrogens with zero attached hydrogens (tertiary/aromatic N) is 8. The average Bonchev–Trinajstić information content (AvgIpc) is 3.74. The lowest BCUT2D eigenvalue weighted by Crippen LogP contribution is -2.46. The minimum atomic E-state index is -0.156. The van der Waals surface area contributed by atoms with Gasteiger partial charge in [0, 0.05) is 55.0 Å². The molecule has 0 radical (unpaired) electrons. The minimum Gasteiger partial charge on any atom is -0.383 e. The van der Waals surface area contributed by atoms with Crippen LogP contribution in [0.15, 0.2) is 54.9 Å². The molecule has 2 bridgehead atoms. The molecule has 12 nitrogen and oxygen atoms in total. The third-order valence-electron chi connectivity index (χ3n) is 8.64. The number of piperidine rings is 1. The number of nitrogens with two attached hydrogens (primary N) is 1. The second-order valence-corrected chi connectivity index (χ2v) is 11.5. The van der Waals surface area contributed by atoms with E-state index in [0.717, 1.165) is 35.2 Å². The molecule has 4 aromatic heterocycles. The fourth-order valence-corrected chi connectivity index (χ4v) is 6.63. The lowest BCUT2D eigenvalue weighted by molar-refractivity contribution is 0.0556. The van der Waals surface area contributed by atoms with E-state index in [-0.39, 0.29) is 41.3 Å². The van der Waals surface area contributed by atoms with Gasteiger partial charge in [-0.3, -0.25) is 19.7 Å². The molecule has 3 N–H and O–H groups in total. The quantitative estimate of drug-likeness (QED) is 0.286. The molecule has 0 aliphatic carbocycles. The normalized spacial score (nSPS) is 19.6. The topological polar surface area (TPSA) is 151 Å². The Labute approximate surface area is 248 Å². The Morgan fingerprint density at radius 1 is 0.977 bits per heavy atom. The van der Waals surface area contributed by atoms with Crippen LogP contribution in [0.1, 0.15) is 65.2 Å². The zero-order valence-corrected chi connectivity index (χ0v) is 24.2. The maximum absolute atomic E-state index is 13.5. The largest absolute Gasteiger partial charge is 0.383 e. The Balaban J connectivity index is 1.23. The number of anilines is 2. The maximum atomic E-state index is 13.5. The number of Topliss-reactive ketones (excluding diaryl/α,β-unsaturated/α-hetero) is 1. The van der Waals surface area contributed by atoms with Gasteiger partial charge in [-0.25, -0.2) is 4.98 Å². The van der Waals surface area contributed by atoms with Crippen LogP contribution in [-0.2, 0) is 0 Å². The highest BCUT2D eigenvalue weighted by molar-refractivity contribution is 6.00. The van der Waals surface area contributed by atoms with E-state index in [2.05, 4.69) is 25.3 Å². The maximum Gasteiger partial charge on any atom is 0.291 e. The van der Waals surface area contributed by atoms with Crippen LogP contribution in [0.3, 0.4) is 0 Å². The van der Waals surface area contributed by atoms with Gasteiger partial charge in [-0.05, 0) is 38.7 Å². The molecule has 12 heteroatoms. The van der Waals surface area contributed by atoms with Gasteiger partial charge >= 0.3 is 0 Å². The Morgan fingerprint density at radius 2 is 1.72 bits per heavy atom. The number of carbonyl (C=O) groups is 2. The number of nitrogen functional groups attached to an aromatic ring is 1. The third-order valence-corrected chi connectivity index (χ3v) is 8.64. The zero-order valence-electron chi connectivity index (χ0n) is 24.2. The lowest BCUT2D eigenvalue weighted by atomic mass is 9.85. The number of hydrogen-bond donors (Lipinski definition) is 2. The molecule has 2 aliphatic heterocycles. The van der Waals surface area contributed by atoms with Crippen molar-refractivity contribution >= 4 is 29.1 Å². The molecule has 2 fully saturated rings. The van der Waals surface area contributed by atoms with Crippen LogP contribution in [0.25, 0.3) is 28.0 Å². The molecule has 218 valence electrons. The first kappa shape index (κ1) is 26.7. The van der Waals surface area contributed by atoms with E-state index in [1.54, 1.807) is 15.6 Å². The Hall–Kier alpha value is -5.13. The highest BCUT2D eigenvalue weighted by atomic mass is 16.2. The number of aromatic amines is 1. The van der Waals surface area contributed by atoms with E-state index in [9.17, 15) is 9.59 Å². The van der Waals surface area contributed by atoms with Crippen molar-refractivity contribution < 1.29 is 9.59 Å². The van der Waals surface area contributed by atoms with E-state index in [4.69, 9.17) is 10.7 Å². The van der Waals surface area contributed by atoms with Gasteiger partial charge in [0.25, 0.3) is 5.91 Å². The summed E-state index contributed by atoms with van der Waals surface area (Å²) in [5.74, 6) is 0.633. The van der Waals surface area contributed by atoms with Crippen molar-refractivity contribution in [1.29, 1.82) is 0 Å². The third kappa shape index (κ3) is 4.49. The molecular weight excluding hydrogens is 544 g/mol. The van der Waals surface area contributed by atoms with Crippen LogP contribution in [0.2, 0.25) is 0 Å². The van der Waals surface area contributed by atoms with Crippen LogP contribution in [0, 0.1) is 0 Å². The number of ketones is 1. The average molecular weight is 577 g/mol. The van der Waals surface area contributed by atoms with Gasteiger partial charge in [-0.15, -0.1) is 5.10 Å². The number of benzene rings is 1. The predicted octanol–water partition coefficient (Wildman–Crippen LogP) is 3.98. The second kappa shape index (κ2) is 10.3. The highest BCUT2D eigenvalue weighted by Gasteiger charge is 2.46. The van der Waals surface area contributed by atoms with Crippen LogP contribution in [0.5, 0.6) is 0 Å². The van der Waals surface area contributed by atoms with Crippen LogP contribution in [-0.4, -0.2) is 77.5 Å². The van der Waals surface area contributed by atoms with Gasteiger partial charge in [0.1, 0.15) is 5.82 Å². The molecular formula is C31H32N10O2. The van der Waals surface area contributed by atoms with Crippen molar-refractivity contribution in [1.82, 2.24) is 39.7 Å². The summed E-state index contributed by atoms with van der Waals surface area (Å²) in [6, 6.07) is 14.0. The van der Waals surface area contributed by atoms with Crippen molar-refractivity contribution in [2.24, 2.45) is 0 Å². The van der Waals surface area contributed by atoms with Gasteiger partial charge in [-0.2, -0.15) is 14.6 Å². The molecule has 1 amide bonds. The number of rotatable bonds is 6. The summed E-state index contributed by atoms with van der Waals surface area (Å²) in [6.07, 6.45) is 6.65. The van der Waals surface area contributed by atoms with Crippen molar-refractivity contribution in [2.75, 3.05) is 24.7 Å². The number of fused-ring (bicyclic) bond motifs is 3. The molecule has 5 aromatic rings. The van der Waals surface area contributed by atoms with Gasteiger partial charge in [0.15, 0.2) is 11.4 Å². The van der Waals surface area contributed by atoms with Gasteiger partial charge in [0.2, 0.25) is 11.8 Å². The summed E-state index contributed by atoms with van der Waals surface area (Å²) in [4.78, 5) is 44.3. The Bertz CT molecular complexity index is 1830. The van der Waals surface area contributed by atoms with Crippen LogP contribution >= 0.6 is 0 Å². The Kier molecular flexibility index (Phi) is 6.41. The van der Waals surface area contributed by atoms with Crippen LogP contribution in [0.4, 0.5) is 11.8 Å². The molecule has 0 spiro atoms. The molecule has 2 aliphatic rings. The van der Waals surface area contributed by atoms with E-state index in [1.165, 1.54) is 6.92 Å². The summed E-state index contributed by atoms with van der Waals surface area (Å²) in [5.41, 5.74) is 11.8. The first-order valence-electron chi connectivity index (χ1n) is 14.4. The minimum absolute atomic E-state index is 0.00215. The first-order chi connectivity index (χ1) is 20.8. The standard InChI is InChI=1S/C31H32N10O2/c1-17(42)25-26(20-13-21-10-11-22(14-20)40(21)30(43)28-36-31(38-37-28)39(2)3)35-29-23(16-34-41(29)27(25)32)19-9-12-24(33-15-19)18-7-5-4-6-8-18/h4-9,12,15-16,20-22H,10-11,13-14,32H2,1-3H3,(H,36,37,38)/t20?,21-,22+. The SMILES string of the molecule is CC(=O)c1c(C2C[C@H]3CC[C@@H](C2)N3C(=O)c2nc(N(C)C)n[nH]2)nc2c(-c3ccc(-c4ccccc4)nc3)cnn2c1N. The smallest absolute Gasteiger partial charge is 0.291 e. The molecule has 1 unspecified atom stereocenters. The van der Waals surface area contributed by atoms with E-state index in [0.29, 0.717) is 35.7 Å². The number of nitrogens with one attached hydrogen (secondary N) is 1. The first-order valence-corrected chi connectivity index (χ1v) is 14.4. The van der Waals surface area contributed by atoms with Crippen molar-refractivity contribution in [3.63, 3.8) is 0 Å². The van der Waals surface area contributed by atoms with E-state index in [1.807, 2.05) is 67.7 Å². The predicted molar refractivity (Wildman–Crippen MR) is 162 cm³/mol. The fourth-order valence-electron chi connectivity index (χ4n) is 6.63. The molecule has 3 atom stereocenters. The van der Waals surface area contributed by atoms with E-state index >= 15 is 0 Å². The number of amides is 1. The molecule has 7 rings (SSSR count). The van der Waals surface area contributed by atoms with E-state index < -0.39 is 0 Å². The Morgan fingerprint density at radius 3 is 2.35 bits per heavy atom. The van der Waals surface area contributed by atoms with Gasteiger partial charge in [-0.1, -0.05) is 36.4 Å². The fraction of sp³-hybridized carbons (Fsp3) is 0.323. The van der Waals surface area contributed by atoms with Crippen molar-refractivity contribution in [3.05, 3.63) is 71.9 Å². The summed E-state index contributed by atoms with van der Waals surface area (Å²) in [7, 11) is 3.66. The number of hydrogen-bond acceptors (Lipinski definition) is 9. The summed E-state index contributed by atoms with van der Waals surface area (Å²) < 4.78 is 1.54. The molecule has 6 heterocycles. The number of pyridine rings is 1. The van der Waals surface area contributed by atoms with Gasteiger partial charge < -0.3 is 15.5 Å². The molecule has 43 heavy (non-hydrogen) atoms. The molecule has 0 saturated carbocycles. The second-order valence-electron chi connectivity index (χ2n) is 11.5. The number of aromatic nitrogens is 7. The van der Waals surface area contributed by atoms with Gasteiger partial charge in [0.05, 0.1) is 23.1 Å². The monoisotopic (exact) mass is 576 g/mol. The summed E-state index contributed by atoms with van der Waals surface area (Å²) in [6.45, 7) is 1.51. The molecule has 2 saturated heterocycles. The van der Waals surface area contributed by atoms with Crippen LogP contribution < -0.4 is 10.6 Å². The van der Waals surface area contributed by atoms with Crippen molar-refractivity contribution in [3.8, 4) is 22.4 Å². The number of carbonyl (C=O) groups excluding carboxylic acids is 2. The number of H-pyrrole nitrogens is 1. The zero-order chi connectivity index (χ0) is 29.8. The lowest BCUT2D eigenvalue weighted by Gasteiger charge is -2.38. The molecule has 1 aromatic carbocycles. The summed E-state index contributed by atoms with van der Waals surface area (Å²) in [5, 5.41) is 11.5.